The first-order chi connectivity index (χ1) is 10.1. The van der Waals surface area contributed by atoms with Crippen LogP contribution in [0, 0.1) is 28.8 Å². The van der Waals surface area contributed by atoms with Crippen LogP contribution in [-0.4, -0.2) is 6.29 Å². The number of hydrogen-bond acceptors (Lipinski definition) is 2. The Morgan fingerprint density at radius 2 is 1.71 bits per heavy atom. The molecule has 0 saturated carbocycles. The van der Waals surface area contributed by atoms with E-state index < -0.39 is 17.5 Å². The van der Waals surface area contributed by atoms with Crippen molar-refractivity contribution in [2.24, 2.45) is 0 Å². The summed E-state index contributed by atoms with van der Waals surface area (Å²) in [4.78, 5) is 10.3. The number of nitriles is 1. The zero-order chi connectivity index (χ0) is 15.4. The molecular weight excluding hydrogens is 279 g/mol. The highest BCUT2D eigenvalue weighted by atomic mass is 19.1. The van der Waals surface area contributed by atoms with Crippen LogP contribution in [0.4, 0.5) is 13.2 Å². The Morgan fingerprint density at radius 1 is 1.05 bits per heavy atom. The Kier molecular flexibility index (Phi) is 4.39. The quantitative estimate of drug-likeness (QED) is 0.804. The van der Waals surface area contributed by atoms with Gasteiger partial charge in [0.15, 0.2) is 0 Å². The van der Waals surface area contributed by atoms with Crippen LogP contribution in [-0.2, 0) is 11.2 Å². The first-order valence-corrected chi connectivity index (χ1v) is 6.18. The van der Waals surface area contributed by atoms with Crippen LogP contribution in [0.25, 0.3) is 11.1 Å². The van der Waals surface area contributed by atoms with Crippen molar-refractivity contribution in [3.05, 3.63) is 58.9 Å². The average molecular weight is 289 g/mol. The largest absolute Gasteiger partial charge is 0.303 e. The lowest BCUT2D eigenvalue weighted by Crippen LogP contribution is -1.96. The van der Waals surface area contributed by atoms with E-state index in [4.69, 9.17) is 5.26 Å². The predicted molar refractivity (Wildman–Crippen MR) is 70.9 cm³/mol. The zero-order valence-electron chi connectivity index (χ0n) is 10.9. The summed E-state index contributed by atoms with van der Waals surface area (Å²) >= 11 is 0. The lowest BCUT2D eigenvalue weighted by Gasteiger charge is -2.08. The van der Waals surface area contributed by atoms with Crippen LogP contribution in [0.15, 0.2) is 30.3 Å². The Balaban J connectivity index is 2.47. The van der Waals surface area contributed by atoms with Crippen molar-refractivity contribution in [1.82, 2.24) is 0 Å². The summed E-state index contributed by atoms with van der Waals surface area (Å²) in [6, 6.07) is 7.26. The van der Waals surface area contributed by atoms with E-state index in [0.29, 0.717) is 11.8 Å². The number of rotatable bonds is 4. The summed E-state index contributed by atoms with van der Waals surface area (Å²) in [5.41, 5.74) is -0.172. The molecule has 0 saturated heterocycles. The van der Waals surface area contributed by atoms with Crippen LogP contribution in [0.5, 0.6) is 0 Å². The Hall–Kier alpha value is -2.61. The third-order valence-corrected chi connectivity index (χ3v) is 3.03. The van der Waals surface area contributed by atoms with Gasteiger partial charge < -0.3 is 4.79 Å². The number of benzene rings is 2. The molecule has 2 rings (SSSR count). The molecule has 0 fully saturated rings. The molecule has 2 nitrogen and oxygen atoms in total. The van der Waals surface area contributed by atoms with Gasteiger partial charge in [-0.15, -0.1) is 0 Å². The van der Waals surface area contributed by atoms with E-state index >= 15 is 0 Å². The van der Waals surface area contributed by atoms with Crippen LogP contribution >= 0.6 is 0 Å². The predicted octanol–water partition coefficient (Wildman–Crippen LogP) is 3.77. The minimum Gasteiger partial charge on any atom is -0.303 e. The summed E-state index contributed by atoms with van der Waals surface area (Å²) in [5, 5.41) is 8.64. The Labute approximate surface area is 119 Å². The van der Waals surface area contributed by atoms with Crippen molar-refractivity contribution in [1.29, 1.82) is 5.26 Å². The van der Waals surface area contributed by atoms with Crippen molar-refractivity contribution < 1.29 is 18.0 Å². The maximum Gasteiger partial charge on any atom is 0.141 e. The minimum atomic E-state index is -0.834. The van der Waals surface area contributed by atoms with Gasteiger partial charge in [-0.2, -0.15) is 5.26 Å². The molecular formula is C16H10F3NO. The van der Waals surface area contributed by atoms with Crippen molar-refractivity contribution >= 4 is 6.29 Å². The highest BCUT2D eigenvalue weighted by molar-refractivity contribution is 5.66. The number of nitrogens with zero attached hydrogens (tertiary/aromatic N) is 1. The molecule has 5 heteroatoms. The lowest BCUT2D eigenvalue weighted by atomic mass is 9.99. The third-order valence-electron chi connectivity index (χ3n) is 3.03. The minimum absolute atomic E-state index is 0.0171. The lowest BCUT2D eigenvalue weighted by molar-refractivity contribution is -0.107. The molecule has 0 N–H and O–H groups in total. The monoisotopic (exact) mass is 289 g/mol. The molecule has 0 aliphatic rings. The van der Waals surface area contributed by atoms with Gasteiger partial charge in [-0.05, 0) is 41.8 Å². The van der Waals surface area contributed by atoms with Gasteiger partial charge in [-0.1, -0.05) is 6.07 Å². The maximum absolute atomic E-state index is 14.0. The van der Waals surface area contributed by atoms with E-state index in [9.17, 15) is 18.0 Å². The first-order valence-electron chi connectivity index (χ1n) is 6.18. The average Bonchev–Trinajstić information content (AvgIpc) is 2.44. The van der Waals surface area contributed by atoms with Crippen molar-refractivity contribution in [2.75, 3.05) is 0 Å². The second kappa shape index (κ2) is 6.23. The fraction of sp³-hybridized carbons (Fsp3) is 0.125. The Bertz CT molecular complexity index is 712. The van der Waals surface area contributed by atoms with Gasteiger partial charge in [-0.3, -0.25) is 0 Å². The number of aryl methyl sites for hydroxylation is 1. The summed E-state index contributed by atoms with van der Waals surface area (Å²) in [7, 11) is 0. The molecule has 0 heterocycles. The number of aldehydes is 1. The van der Waals surface area contributed by atoms with E-state index in [2.05, 4.69) is 0 Å². The fourth-order valence-corrected chi connectivity index (χ4v) is 2.03. The maximum atomic E-state index is 14.0. The van der Waals surface area contributed by atoms with E-state index in [1.807, 2.05) is 0 Å². The highest BCUT2D eigenvalue weighted by Gasteiger charge is 2.15. The number of carbonyl (C=O) groups excluding carboxylic acids is 1. The first kappa shape index (κ1) is 14.8. The van der Waals surface area contributed by atoms with Crippen LogP contribution in [0.1, 0.15) is 17.5 Å². The molecule has 0 unspecified atom stereocenters. The summed E-state index contributed by atoms with van der Waals surface area (Å²) in [6.45, 7) is 0. The number of hydrogen-bond donors (Lipinski definition) is 0. The van der Waals surface area contributed by atoms with Gasteiger partial charge in [0.05, 0.1) is 11.1 Å². The molecule has 2 aromatic carbocycles. The Morgan fingerprint density at radius 3 is 2.24 bits per heavy atom. The van der Waals surface area contributed by atoms with Crippen LogP contribution < -0.4 is 0 Å². The molecule has 0 spiro atoms. The van der Waals surface area contributed by atoms with E-state index in [-0.39, 0.29) is 29.5 Å². The molecule has 0 aliphatic carbocycles. The third kappa shape index (κ3) is 3.11. The summed E-state index contributed by atoms with van der Waals surface area (Å²) < 4.78 is 41.6. The van der Waals surface area contributed by atoms with Gasteiger partial charge in [0, 0.05) is 6.42 Å². The van der Waals surface area contributed by atoms with Crippen LogP contribution in [0.3, 0.4) is 0 Å². The molecule has 0 aromatic heterocycles. The number of carbonyl (C=O) groups is 1. The van der Waals surface area contributed by atoms with E-state index in [0.717, 1.165) is 18.2 Å². The fourth-order valence-electron chi connectivity index (χ4n) is 2.03. The normalized spacial score (nSPS) is 10.2. The standard InChI is InChI=1S/C16H10F3NO/c17-13-8-11(3-4-12(13)9-20)16-14(18)6-10(2-1-5-21)7-15(16)19/h3-8H,1-2H2. The van der Waals surface area contributed by atoms with Crippen LogP contribution in [0.2, 0.25) is 0 Å². The topological polar surface area (TPSA) is 40.9 Å². The smallest absolute Gasteiger partial charge is 0.141 e. The SMILES string of the molecule is N#Cc1ccc(-c2c(F)cc(CCC=O)cc2F)cc1F. The van der Waals surface area contributed by atoms with E-state index in [1.165, 1.54) is 12.1 Å². The second-order valence-corrected chi connectivity index (χ2v) is 4.45. The highest BCUT2D eigenvalue weighted by Crippen LogP contribution is 2.28. The summed E-state index contributed by atoms with van der Waals surface area (Å²) in [5.74, 6) is -2.50. The molecule has 0 bridgehead atoms. The van der Waals surface area contributed by atoms with Gasteiger partial charge in [0.1, 0.15) is 29.8 Å². The van der Waals surface area contributed by atoms with Gasteiger partial charge >= 0.3 is 0 Å². The molecule has 21 heavy (non-hydrogen) atoms. The molecule has 106 valence electrons. The molecule has 0 aliphatic heterocycles. The molecule has 0 atom stereocenters. The molecule has 0 amide bonds. The van der Waals surface area contributed by atoms with E-state index in [1.54, 1.807) is 6.07 Å². The van der Waals surface area contributed by atoms with Crippen molar-refractivity contribution in [2.45, 2.75) is 12.8 Å². The van der Waals surface area contributed by atoms with Crippen molar-refractivity contribution in [3.8, 4) is 17.2 Å². The zero-order valence-corrected chi connectivity index (χ0v) is 10.9. The second-order valence-electron chi connectivity index (χ2n) is 4.45. The van der Waals surface area contributed by atoms with Gasteiger partial charge in [-0.25, -0.2) is 13.2 Å². The van der Waals surface area contributed by atoms with Crippen molar-refractivity contribution in [3.63, 3.8) is 0 Å². The van der Waals surface area contributed by atoms with Gasteiger partial charge in [0.25, 0.3) is 0 Å². The molecule has 0 radical (unpaired) electrons. The number of halogens is 3. The molecule has 2 aromatic rings. The van der Waals surface area contributed by atoms with Gasteiger partial charge in [0.2, 0.25) is 0 Å². The summed E-state index contributed by atoms with van der Waals surface area (Å²) in [6.07, 6.45) is 1.07.